The third-order valence-corrected chi connectivity index (χ3v) is 7.89. The van der Waals surface area contributed by atoms with Gasteiger partial charge in [-0.2, -0.15) is 0 Å². The van der Waals surface area contributed by atoms with Gasteiger partial charge in [-0.1, -0.05) is 6.92 Å². The fourth-order valence-electron chi connectivity index (χ4n) is 6.40. The van der Waals surface area contributed by atoms with Crippen molar-refractivity contribution < 1.29 is 17.6 Å². The lowest BCUT2D eigenvalue weighted by atomic mass is 9.75. The van der Waals surface area contributed by atoms with Crippen molar-refractivity contribution >= 4 is 21.9 Å². The van der Waals surface area contributed by atoms with Gasteiger partial charge in [0.15, 0.2) is 17.5 Å². The number of benzene rings is 2. The van der Waals surface area contributed by atoms with Gasteiger partial charge in [0, 0.05) is 23.6 Å². The first-order valence-corrected chi connectivity index (χ1v) is 11.5. The molecule has 0 amide bonds. The maximum Gasteiger partial charge on any atom is 0.196 e. The molecule has 0 spiro atoms. The number of hydrogen-bond donors (Lipinski definition) is 1. The highest BCUT2D eigenvalue weighted by atomic mass is 19.2. The summed E-state index contributed by atoms with van der Waals surface area (Å²) in [5, 5.41) is 0.906. The van der Waals surface area contributed by atoms with Crippen molar-refractivity contribution in [2.75, 3.05) is 0 Å². The third kappa shape index (κ3) is 3.31. The van der Waals surface area contributed by atoms with E-state index >= 15 is 0 Å². The molecule has 3 nitrogen and oxygen atoms in total. The smallest absolute Gasteiger partial charge is 0.196 e. The van der Waals surface area contributed by atoms with Gasteiger partial charge in [0.2, 0.25) is 0 Å². The van der Waals surface area contributed by atoms with Gasteiger partial charge in [-0.05, 0) is 79.2 Å². The summed E-state index contributed by atoms with van der Waals surface area (Å²) in [7, 11) is 0. The van der Waals surface area contributed by atoms with Gasteiger partial charge in [0.1, 0.15) is 17.2 Å². The number of aromatic amines is 1. The van der Waals surface area contributed by atoms with Gasteiger partial charge in [0.05, 0.1) is 11.0 Å². The van der Waals surface area contributed by atoms with Crippen LogP contribution in [0.1, 0.15) is 55.8 Å². The molecule has 0 radical (unpaired) electrons. The molecule has 4 unspecified atom stereocenters. The molecule has 170 valence electrons. The highest BCUT2D eigenvalue weighted by Crippen LogP contribution is 2.58. The molecule has 2 saturated carbocycles. The zero-order chi connectivity index (χ0) is 22.9. The lowest BCUT2D eigenvalue weighted by Crippen LogP contribution is -2.19. The third-order valence-electron chi connectivity index (χ3n) is 7.89. The highest BCUT2D eigenvalue weighted by molar-refractivity contribution is 5.82. The Morgan fingerprint density at radius 3 is 2.64 bits per heavy atom. The average Bonchev–Trinajstić information content (AvgIpc) is 3.51. The Morgan fingerprint density at radius 2 is 1.85 bits per heavy atom. The number of rotatable bonds is 4. The van der Waals surface area contributed by atoms with E-state index < -0.39 is 17.5 Å². The van der Waals surface area contributed by atoms with Crippen LogP contribution in [0.5, 0.6) is 0 Å². The van der Waals surface area contributed by atoms with Crippen molar-refractivity contribution in [2.45, 2.75) is 44.4 Å². The molecule has 2 aliphatic rings. The molecule has 2 aromatic heterocycles. The molecule has 7 heteroatoms. The minimum atomic E-state index is -1.49. The fourth-order valence-corrected chi connectivity index (χ4v) is 6.40. The molecule has 0 aliphatic heterocycles. The lowest BCUT2D eigenvalue weighted by Gasteiger charge is -2.30. The minimum Gasteiger partial charge on any atom is -0.342 e. The number of H-pyrrole nitrogens is 1. The van der Waals surface area contributed by atoms with Crippen LogP contribution < -0.4 is 0 Å². The van der Waals surface area contributed by atoms with Gasteiger partial charge in [0.25, 0.3) is 0 Å². The molecule has 2 aliphatic carbocycles. The Hall–Kier alpha value is -2.96. The van der Waals surface area contributed by atoms with Crippen molar-refractivity contribution in [1.82, 2.24) is 15.0 Å². The topological polar surface area (TPSA) is 41.6 Å². The van der Waals surface area contributed by atoms with E-state index in [0.29, 0.717) is 29.5 Å². The standard InChI is InChI=1S/C26H23F4N3/c1-12(26-32-22-11-20(28)23(29)24(30)25(22)33-26)6-13-7-15-8-14(13)9-18(15)17-4-5-31-21-3-2-16(27)10-19(17)21/h2-5,10-15,18H,6-9H2,1H3,(H,32,33)/t12-,13?,14?,15?,18?/m1/s1. The monoisotopic (exact) mass is 453 g/mol. The highest BCUT2D eigenvalue weighted by Gasteiger charge is 2.46. The largest absolute Gasteiger partial charge is 0.342 e. The molecule has 2 bridgehead atoms. The maximum absolute atomic E-state index is 14.1. The van der Waals surface area contributed by atoms with Crippen LogP contribution in [0, 0.1) is 41.0 Å². The van der Waals surface area contributed by atoms with E-state index in [1.807, 2.05) is 19.2 Å². The maximum atomic E-state index is 14.1. The van der Waals surface area contributed by atoms with E-state index in [-0.39, 0.29) is 22.8 Å². The van der Waals surface area contributed by atoms with Crippen molar-refractivity contribution in [3.8, 4) is 0 Å². The van der Waals surface area contributed by atoms with E-state index in [4.69, 9.17) is 0 Å². The number of nitrogens with zero attached hydrogens (tertiary/aromatic N) is 2. The molecule has 33 heavy (non-hydrogen) atoms. The van der Waals surface area contributed by atoms with Gasteiger partial charge >= 0.3 is 0 Å². The first-order chi connectivity index (χ1) is 15.9. The Balaban J connectivity index is 1.20. The average molecular weight is 453 g/mol. The number of aromatic nitrogens is 3. The summed E-state index contributed by atoms with van der Waals surface area (Å²) in [5.41, 5.74) is 2.04. The molecule has 6 rings (SSSR count). The summed E-state index contributed by atoms with van der Waals surface area (Å²) in [5.74, 6) is -1.60. The van der Waals surface area contributed by atoms with Crippen LogP contribution in [-0.4, -0.2) is 15.0 Å². The number of nitrogens with one attached hydrogen (secondary N) is 1. The normalized spacial score (nSPS) is 25.4. The van der Waals surface area contributed by atoms with Crippen LogP contribution in [0.25, 0.3) is 21.9 Å². The lowest BCUT2D eigenvalue weighted by molar-refractivity contribution is 0.276. The SMILES string of the molecule is C[C@H](CC1CC2CC1CC2c1ccnc2ccc(F)cc12)c1nc2c(F)c(F)c(F)cc2[nH]1. The van der Waals surface area contributed by atoms with Crippen molar-refractivity contribution in [2.24, 2.45) is 17.8 Å². The summed E-state index contributed by atoms with van der Waals surface area (Å²) in [6.45, 7) is 2.02. The summed E-state index contributed by atoms with van der Waals surface area (Å²) < 4.78 is 55.1. The Morgan fingerprint density at radius 1 is 1.00 bits per heavy atom. The van der Waals surface area contributed by atoms with Crippen molar-refractivity contribution in [3.05, 3.63) is 71.2 Å². The summed E-state index contributed by atoms with van der Waals surface area (Å²) in [6, 6.07) is 7.77. The number of halogens is 4. The van der Waals surface area contributed by atoms with Gasteiger partial charge in [-0.15, -0.1) is 0 Å². The molecule has 1 N–H and O–H groups in total. The second-order valence-corrected chi connectivity index (χ2v) is 9.80. The first-order valence-electron chi connectivity index (χ1n) is 11.5. The predicted octanol–water partition coefficient (Wildman–Crippen LogP) is 6.99. The van der Waals surface area contributed by atoms with Crippen LogP contribution in [0.15, 0.2) is 36.5 Å². The first kappa shape index (κ1) is 20.6. The van der Waals surface area contributed by atoms with Crippen LogP contribution in [0.3, 0.4) is 0 Å². The minimum absolute atomic E-state index is 0.0153. The molecule has 0 saturated heterocycles. The molecular weight excluding hydrogens is 430 g/mol. The van der Waals surface area contributed by atoms with Crippen LogP contribution in [-0.2, 0) is 0 Å². The van der Waals surface area contributed by atoms with Crippen molar-refractivity contribution in [1.29, 1.82) is 0 Å². The summed E-state index contributed by atoms with van der Waals surface area (Å²) >= 11 is 0. The van der Waals surface area contributed by atoms with E-state index in [0.717, 1.165) is 42.7 Å². The molecular formula is C26H23F4N3. The van der Waals surface area contributed by atoms with E-state index in [1.54, 1.807) is 12.1 Å². The van der Waals surface area contributed by atoms with Crippen molar-refractivity contribution in [3.63, 3.8) is 0 Å². The Bertz CT molecular complexity index is 1380. The van der Waals surface area contributed by atoms with Gasteiger partial charge < -0.3 is 4.98 Å². The number of pyridine rings is 1. The number of imidazole rings is 1. The molecule has 4 aromatic rings. The van der Waals surface area contributed by atoms with Gasteiger partial charge in [-0.3, -0.25) is 4.98 Å². The molecule has 2 fully saturated rings. The van der Waals surface area contributed by atoms with Crippen LogP contribution in [0.4, 0.5) is 17.6 Å². The van der Waals surface area contributed by atoms with E-state index in [1.165, 1.54) is 11.6 Å². The fraction of sp³-hybridized carbons (Fsp3) is 0.385. The quantitative estimate of drug-likeness (QED) is 0.267. The number of fused-ring (bicyclic) bond motifs is 4. The van der Waals surface area contributed by atoms with E-state index in [9.17, 15) is 17.6 Å². The zero-order valence-corrected chi connectivity index (χ0v) is 18.1. The van der Waals surface area contributed by atoms with Gasteiger partial charge in [-0.25, -0.2) is 22.5 Å². The van der Waals surface area contributed by atoms with Crippen LogP contribution in [0.2, 0.25) is 0 Å². The predicted molar refractivity (Wildman–Crippen MR) is 118 cm³/mol. The number of hydrogen-bond acceptors (Lipinski definition) is 2. The Kier molecular flexibility index (Phi) is 4.71. The summed E-state index contributed by atoms with van der Waals surface area (Å²) in [6.07, 6.45) is 5.98. The van der Waals surface area contributed by atoms with Crippen LogP contribution >= 0.6 is 0 Å². The molecule has 5 atom stereocenters. The van der Waals surface area contributed by atoms with E-state index in [2.05, 4.69) is 15.0 Å². The summed E-state index contributed by atoms with van der Waals surface area (Å²) in [4.78, 5) is 11.6. The zero-order valence-electron chi connectivity index (χ0n) is 18.1. The Labute approximate surface area is 188 Å². The molecule has 2 heterocycles. The second kappa shape index (κ2) is 7.54. The molecule has 2 aromatic carbocycles. The second-order valence-electron chi connectivity index (χ2n) is 9.80.